The van der Waals surface area contributed by atoms with E-state index in [4.69, 9.17) is 9.47 Å². The van der Waals surface area contributed by atoms with Crippen LogP contribution in [0, 0.1) is 11.8 Å². The Balaban J connectivity index is 2.06. The minimum atomic E-state index is -1.25. The van der Waals surface area contributed by atoms with Gasteiger partial charge >= 0.3 is 5.97 Å². The molecule has 2 heterocycles. The summed E-state index contributed by atoms with van der Waals surface area (Å²) in [5.41, 5.74) is 0. The van der Waals surface area contributed by atoms with Crippen LogP contribution in [-0.2, 0) is 23.9 Å². The Bertz CT molecular complexity index is 368. The molecule has 0 amide bonds. The fourth-order valence-electron chi connectivity index (χ4n) is 2.41. The molecule has 3 atom stereocenters. The number of ketones is 2. The lowest BCUT2D eigenvalue weighted by atomic mass is 9.91. The van der Waals surface area contributed by atoms with Crippen LogP contribution in [0.2, 0.25) is 0 Å². The highest BCUT2D eigenvalue weighted by molar-refractivity contribution is 6.22. The highest BCUT2D eigenvalue weighted by atomic mass is 16.6. The molecule has 2 aliphatic rings. The third kappa shape index (κ3) is 2.46. The van der Waals surface area contributed by atoms with Crippen LogP contribution in [0.4, 0.5) is 0 Å². The molecule has 18 heavy (non-hydrogen) atoms. The Hall–Kier alpha value is -1.23. The first kappa shape index (κ1) is 13.2. The summed E-state index contributed by atoms with van der Waals surface area (Å²) in [6, 6.07) is 0. The number of rotatable bonds is 4. The summed E-state index contributed by atoms with van der Waals surface area (Å²) in [7, 11) is 0. The second-order valence-corrected chi connectivity index (χ2v) is 5.29. The molecule has 0 saturated carbocycles. The highest BCUT2D eigenvalue weighted by Crippen LogP contribution is 2.27. The zero-order valence-corrected chi connectivity index (χ0v) is 10.7. The number of ether oxygens (including phenoxy) is 2. The Morgan fingerprint density at radius 2 is 2.11 bits per heavy atom. The quantitative estimate of drug-likeness (QED) is 0.550. The molecule has 0 aromatic heterocycles. The van der Waals surface area contributed by atoms with Gasteiger partial charge in [-0.05, 0) is 25.2 Å². The lowest BCUT2D eigenvalue weighted by Crippen LogP contribution is -2.35. The largest absolute Gasteiger partial charge is 0.453 e. The second kappa shape index (κ2) is 5.18. The Labute approximate surface area is 106 Å². The summed E-state index contributed by atoms with van der Waals surface area (Å²) in [5.74, 6) is -2.53. The van der Waals surface area contributed by atoms with Crippen molar-refractivity contribution in [1.29, 1.82) is 0 Å². The van der Waals surface area contributed by atoms with Crippen LogP contribution in [-0.4, -0.2) is 36.4 Å². The molecule has 100 valence electrons. The molecule has 5 heteroatoms. The van der Waals surface area contributed by atoms with Crippen molar-refractivity contribution in [3.63, 3.8) is 0 Å². The van der Waals surface area contributed by atoms with E-state index in [9.17, 15) is 14.4 Å². The fraction of sp³-hybridized carbons (Fsp3) is 0.769. The average molecular weight is 254 g/mol. The van der Waals surface area contributed by atoms with Crippen molar-refractivity contribution >= 4 is 17.5 Å². The van der Waals surface area contributed by atoms with E-state index in [0.717, 1.165) is 6.42 Å². The van der Waals surface area contributed by atoms with Crippen LogP contribution in [0.25, 0.3) is 0 Å². The topological polar surface area (TPSA) is 69.7 Å². The minimum Gasteiger partial charge on any atom is -0.453 e. The molecule has 0 aromatic carbocycles. The van der Waals surface area contributed by atoms with E-state index in [1.165, 1.54) is 0 Å². The van der Waals surface area contributed by atoms with Crippen molar-refractivity contribution in [3.05, 3.63) is 0 Å². The normalized spacial score (nSPS) is 32.1. The zero-order valence-electron chi connectivity index (χ0n) is 10.7. The van der Waals surface area contributed by atoms with Crippen molar-refractivity contribution < 1.29 is 23.9 Å². The third-order valence-corrected chi connectivity index (χ3v) is 3.31. The number of hydrogen-bond acceptors (Lipinski definition) is 5. The van der Waals surface area contributed by atoms with Crippen molar-refractivity contribution in [2.45, 2.75) is 45.3 Å². The van der Waals surface area contributed by atoms with Crippen molar-refractivity contribution in [3.8, 4) is 0 Å². The SMILES string of the molecule is CC(C)CC1OC(=O)C(C(=O)C2CCCO2)C1=O. The minimum absolute atomic E-state index is 0.239. The van der Waals surface area contributed by atoms with Crippen LogP contribution >= 0.6 is 0 Å². The van der Waals surface area contributed by atoms with E-state index < -0.39 is 35.7 Å². The van der Waals surface area contributed by atoms with E-state index >= 15 is 0 Å². The monoisotopic (exact) mass is 254 g/mol. The van der Waals surface area contributed by atoms with Gasteiger partial charge in [0.25, 0.3) is 0 Å². The van der Waals surface area contributed by atoms with Gasteiger partial charge in [0, 0.05) is 6.61 Å². The molecular formula is C13H18O5. The van der Waals surface area contributed by atoms with Crippen LogP contribution in [0.1, 0.15) is 33.1 Å². The lowest BCUT2D eigenvalue weighted by Gasteiger charge is -2.11. The van der Waals surface area contributed by atoms with Gasteiger partial charge in [-0.15, -0.1) is 0 Å². The van der Waals surface area contributed by atoms with E-state index in [1.807, 2.05) is 13.8 Å². The zero-order chi connectivity index (χ0) is 13.3. The number of cyclic esters (lactones) is 1. The second-order valence-electron chi connectivity index (χ2n) is 5.29. The van der Waals surface area contributed by atoms with E-state index in [-0.39, 0.29) is 5.92 Å². The summed E-state index contributed by atoms with van der Waals surface area (Å²) in [6.45, 7) is 4.40. The summed E-state index contributed by atoms with van der Waals surface area (Å²) in [6.07, 6.45) is 0.490. The van der Waals surface area contributed by atoms with Gasteiger partial charge in [0.1, 0.15) is 6.10 Å². The molecule has 0 aromatic rings. The molecule has 3 unspecified atom stereocenters. The smallest absolute Gasteiger partial charge is 0.325 e. The molecule has 2 saturated heterocycles. The predicted molar refractivity (Wildman–Crippen MR) is 61.8 cm³/mol. The number of hydrogen-bond donors (Lipinski definition) is 0. The van der Waals surface area contributed by atoms with Gasteiger partial charge in [-0.25, -0.2) is 0 Å². The molecule has 2 rings (SSSR count). The number of esters is 1. The molecular weight excluding hydrogens is 236 g/mol. The summed E-state index contributed by atoms with van der Waals surface area (Å²) < 4.78 is 10.2. The maximum absolute atomic E-state index is 12.1. The molecule has 0 aliphatic carbocycles. The summed E-state index contributed by atoms with van der Waals surface area (Å²) in [5, 5.41) is 0. The Morgan fingerprint density at radius 1 is 1.39 bits per heavy atom. The summed E-state index contributed by atoms with van der Waals surface area (Å²) in [4.78, 5) is 35.7. The van der Waals surface area contributed by atoms with Crippen LogP contribution in [0.3, 0.4) is 0 Å². The average Bonchev–Trinajstić information content (AvgIpc) is 2.87. The maximum Gasteiger partial charge on any atom is 0.325 e. The fourth-order valence-corrected chi connectivity index (χ4v) is 2.41. The Kier molecular flexibility index (Phi) is 3.80. The van der Waals surface area contributed by atoms with Gasteiger partial charge in [-0.2, -0.15) is 0 Å². The first-order valence-electron chi connectivity index (χ1n) is 6.40. The molecule has 0 spiro atoms. The van der Waals surface area contributed by atoms with E-state index in [2.05, 4.69) is 0 Å². The predicted octanol–water partition coefficient (Wildman–Crippen LogP) is 0.891. The van der Waals surface area contributed by atoms with Crippen molar-refractivity contribution in [2.24, 2.45) is 11.8 Å². The first-order valence-corrected chi connectivity index (χ1v) is 6.40. The molecule has 2 fully saturated rings. The molecule has 0 N–H and O–H groups in total. The van der Waals surface area contributed by atoms with Gasteiger partial charge in [0.2, 0.25) is 0 Å². The van der Waals surface area contributed by atoms with Gasteiger partial charge in [-0.1, -0.05) is 13.8 Å². The van der Waals surface area contributed by atoms with Crippen molar-refractivity contribution in [1.82, 2.24) is 0 Å². The van der Waals surface area contributed by atoms with Gasteiger partial charge < -0.3 is 9.47 Å². The van der Waals surface area contributed by atoms with Crippen LogP contribution in [0.5, 0.6) is 0 Å². The first-order chi connectivity index (χ1) is 8.50. The van der Waals surface area contributed by atoms with Crippen molar-refractivity contribution in [2.75, 3.05) is 6.61 Å². The highest BCUT2D eigenvalue weighted by Gasteiger charge is 2.50. The number of carbonyl (C=O) groups excluding carboxylic acids is 3. The van der Waals surface area contributed by atoms with Crippen LogP contribution in [0.15, 0.2) is 0 Å². The van der Waals surface area contributed by atoms with E-state index in [1.54, 1.807) is 0 Å². The van der Waals surface area contributed by atoms with Gasteiger partial charge in [-0.3, -0.25) is 14.4 Å². The van der Waals surface area contributed by atoms with E-state index in [0.29, 0.717) is 19.4 Å². The van der Waals surface area contributed by atoms with Gasteiger partial charge in [0.15, 0.2) is 23.6 Å². The Morgan fingerprint density at radius 3 is 2.67 bits per heavy atom. The molecule has 0 radical (unpaired) electrons. The van der Waals surface area contributed by atoms with Gasteiger partial charge in [0.05, 0.1) is 0 Å². The lowest BCUT2D eigenvalue weighted by molar-refractivity contribution is -0.149. The third-order valence-electron chi connectivity index (χ3n) is 3.31. The maximum atomic E-state index is 12.1. The molecule has 5 nitrogen and oxygen atoms in total. The van der Waals surface area contributed by atoms with Crippen LogP contribution < -0.4 is 0 Å². The standard InChI is InChI=1S/C13H18O5/c1-7(2)6-9-12(15)10(13(16)18-9)11(14)8-4-3-5-17-8/h7-10H,3-6H2,1-2H3. The summed E-state index contributed by atoms with van der Waals surface area (Å²) >= 11 is 0. The molecule has 2 aliphatic heterocycles. The molecule has 0 bridgehead atoms. The number of Topliss-reactive ketones (excluding diaryl/α,β-unsaturated/α-hetero) is 2. The number of carbonyl (C=O) groups is 3.